The van der Waals surface area contributed by atoms with E-state index in [2.05, 4.69) is 18.2 Å². The van der Waals surface area contributed by atoms with E-state index in [1.165, 1.54) is 16.7 Å². The third-order valence-electron chi connectivity index (χ3n) is 5.90. The monoisotopic (exact) mass is 504 g/mol. The van der Waals surface area contributed by atoms with Crippen LogP contribution in [-0.2, 0) is 20.9 Å². The van der Waals surface area contributed by atoms with Gasteiger partial charge in [-0.2, -0.15) is 0 Å². The van der Waals surface area contributed by atoms with Crippen molar-refractivity contribution in [2.45, 2.75) is 22.9 Å². The second-order valence-corrected chi connectivity index (χ2v) is 10.3. The summed E-state index contributed by atoms with van der Waals surface area (Å²) in [6.45, 7) is 0.0940. The molecule has 5 rings (SSSR count). The summed E-state index contributed by atoms with van der Waals surface area (Å²) < 4.78 is 10.8. The number of methoxy groups -OCH3 is 1. The van der Waals surface area contributed by atoms with Gasteiger partial charge in [0, 0.05) is 15.6 Å². The average molecular weight is 505 g/mol. The number of nitrogens with two attached hydrogens (primary N) is 1. The molecule has 1 saturated heterocycles. The number of carbonyl (C=O) groups is 2. The van der Waals surface area contributed by atoms with Gasteiger partial charge in [0.1, 0.15) is 29.5 Å². The molecule has 1 fully saturated rings. The SMILES string of the molecule is COc1ccc(COC(=O)C2=C(Sc3ccccc3-c3ccccc3)CS[C@H]3[C@H](N)C(=O)N23)cc1. The number of fused-ring (bicyclic) bond motifs is 1. The van der Waals surface area contributed by atoms with Crippen LogP contribution in [0.4, 0.5) is 0 Å². The Balaban J connectivity index is 1.44. The minimum atomic E-state index is -0.604. The molecule has 0 aromatic heterocycles. The fourth-order valence-corrected chi connectivity index (χ4v) is 6.61. The number of ether oxygens (including phenoxy) is 2. The van der Waals surface area contributed by atoms with Crippen LogP contribution in [0.3, 0.4) is 0 Å². The molecule has 1 amide bonds. The average Bonchev–Trinajstić information content (AvgIpc) is 2.92. The molecular formula is C27H24N2O4S2. The summed E-state index contributed by atoms with van der Waals surface area (Å²) in [4.78, 5) is 29.3. The van der Waals surface area contributed by atoms with Crippen molar-refractivity contribution in [2.24, 2.45) is 5.73 Å². The van der Waals surface area contributed by atoms with Gasteiger partial charge < -0.3 is 15.2 Å². The summed E-state index contributed by atoms with van der Waals surface area (Å²) in [5.41, 5.74) is 9.30. The maximum atomic E-state index is 13.3. The number of hydrogen-bond acceptors (Lipinski definition) is 7. The predicted molar refractivity (Wildman–Crippen MR) is 139 cm³/mol. The quantitative estimate of drug-likeness (QED) is 0.370. The summed E-state index contributed by atoms with van der Waals surface area (Å²) in [6.07, 6.45) is 0. The fourth-order valence-electron chi connectivity index (χ4n) is 4.04. The van der Waals surface area contributed by atoms with Crippen molar-refractivity contribution in [2.75, 3.05) is 12.9 Å². The Morgan fingerprint density at radius 1 is 1.06 bits per heavy atom. The highest BCUT2D eigenvalue weighted by Crippen LogP contribution is 2.46. The normalized spacial score (nSPS) is 19.1. The first-order valence-corrected chi connectivity index (χ1v) is 13.0. The summed E-state index contributed by atoms with van der Waals surface area (Å²) in [5, 5.41) is -0.250. The number of esters is 1. The minimum Gasteiger partial charge on any atom is -0.497 e. The molecule has 2 aliphatic heterocycles. The zero-order valence-corrected chi connectivity index (χ0v) is 20.7. The molecule has 2 heterocycles. The third-order valence-corrected chi connectivity index (χ3v) is 8.55. The maximum Gasteiger partial charge on any atom is 0.356 e. The lowest BCUT2D eigenvalue weighted by molar-refractivity contribution is -0.151. The number of rotatable bonds is 7. The highest BCUT2D eigenvalue weighted by molar-refractivity contribution is 8.06. The van der Waals surface area contributed by atoms with Crippen molar-refractivity contribution in [3.8, 4) is 16.9 Å². The highest BCUT2D eigenvalue weighted by Gasteiger charge is 2.52. The minimum absolute atomic E-state index is 0.0940. The Bertz CT molecular complexity index is 1280. The summed E-state index contributed by atoms with van der Waals surface area (Å²) in [6, 6.07) is 24.9. The van der Waals surface area contributed by atoms with Gasteiger partial charge in [-0.05, 0) is 34.9 Å². The Kier molecular flexibility index (Phi) is 6.86. The number of hydrogen-bond donors (Lipinski definition) is 1. The van der Waals surface area contributed by atoms with Crippen molar-refractivity contribution in [3.05, 3.63) is 95.0 Å². The Labute approximate surface area is 212 Å². The van der Waals surface area contributed by atoms with E-state index in [9.17, 15) is 9.59 Å². The Morgan fingerprint density at radius 2 is 1.77 bits per heavy atom. The molecule has 2 N–H and O–H groups in total. The van der Waals surface area contributed by atoms with Gasteiger partial charge in [0.2, 0.25) is 5.91 Å². The molecule has 35 heavy (non-hydrogen) atoms. The van der Waals surface area contributed by atoms with Gasteiger partial charge >= 0.3 is 5.97 Å². The maximum absolute atomic E-state index is 13.3. The smallest absolute Gasteiger partial charge is 0.356 e. The molecule has 0 spiro atoms. The van der Waals surface area contributed by atoms with Gasteiger partial charge in [0.25, 0.3) is 0 Å². The number of amides is 1. The van der Waals surface area contributed by atoms with Crippen LogP contribution in [0.1, 0.15) is 5.56 Å². The van der Waals surface area contributed by atoms with Crippen LogP contribution in [-0.4, -0.2) is 41.1 Å². The van der Waals surface area contributed by atoms with Crippen LogP contribution in [0.15, 0.2) is 94.4 Å². The van der Waals surface area contributed by atoms with E-state index in [0.29, 0.717) is 11.4 Å². The van der Waals surface area contributed by atoms with Crippen molar-refractivity contribution >= 4 is 35.4 Å². The van der Waals surface area contributed by atoms with Crippen molar-refractivity contribution < 1.29 is 19.1 Å². The predicted octanol–water partition coefficient (Wildman–Crippen LogP) is 4.65. The van der Waals surface area contributed by atoms with Gasteiger partial charge in [0.15, 0.2) is 0 Å². The summed E-state index contributed by atoms with van der Waals surface area (Å²) >= 11 is 3.07. The van der Waals surface area contributed by atoms with E-state index in [1.54, 1.807) is 18.9 Å². The van der Waals surface area contributed by atoms with Crippen LogP contribution in [0.5, 0.6) is 5.75 Å². The Morgan fingerprint density at radius 3 is 2.51 bits per heavy atom. The van der Waals surface area contributed by atoms with E-state index in [4.69, 9.17) is 15.2 Å². The largest absolute Gasteiger partial charge is 0.497 e. The zero-order valence-electron chi connectivity index (χ0n) is 19.0. The summed E-state index contributed by atoms with van der Waals surface area (Å²) in [5.74, 6) is 0.521. The van der Waals surface area contributed by atoms with E-state index < -0.39 is 12.0 Å². The van der Waals surface area contributed by atoms with Crippen LogP contribution in [0.2, 0.25) is 0 Å². The van der Waals surface area contributed by atoms with Crippen LogP contribution in [0.25, 0.3) is 11.1 Å². The van der Waals surface area contributed by atoms with Gasteiger partial charge in [-0.3, -0.25) is 9.69 Å². The zero-order chi connectivity index (χ0) is 24.4. The van der Waals surface area contributed by atoms with Crippen molar-refractivity contribution in [1.82, 2.24) is 4.90 Å². The molecule has 3 aromatic carbocycles. The first kappa shape index (κ1) is 23.5. The number of thioether (sulfide) groups is 2. The van der Waals surface area contributed by atoms with Crippen LogP contribution >= 0.6 is 23.5 Å². The van der Waals surface area contributed by atoms with Crippen LogP contribution < -0.4 is 10.5 Å². The number of carbonyl (C=O) groups excluding carboxylic acids is 2. The molecule has 178 valence electrons. The number of β-lactam (4-membered cyclic amide) rings is 1. The van der Waals surface area contributed by atoms with Crippen molar-refractivity contribution in [1.29, 1.82) is 0 Å². The molecule has 0 aliphatic carbocycles. The molecule has 0 bridgehead atoms. The van der Waals surface area contributed by atoms with Gasteiger partial charge in [-0.1, -0.05) is 72.4 Å². The second-order valence-electron chi connectivity index (χ2n) is 8.10. The molecule has 2 atom stereocenters. The molecule has 6 nitrogen and oxygen atoms in total. The van der Waals surface area contributed by atoms with E-state index in [1.807, 2.05) is 60.7 Å². The highest BCUT2D eigenvalue weighted by atomic mass is 32.2. The standard InChI is InChI=1S/C27H24N2O4S2/c1-32-19-13-11-17(12-14-19)15-33-27(31)24-22(16-34-26-23(28)25(30)29(24)26)35-21-10-6-5-9-20(21)18-7-3-2-4-8-18/h2-14,23,26H,15-16,28H2,1H3/t23-,26+/m1/s1. The van der Waals surface area contributed by atoms with Crippen molar-refractivity contribution in [3.63, 3.8) is 0 Å². The molecule has 3 aromatic rings. The van der Waals surface area contributed by atoms with Crippen LogP contribution in [0, 0.1) is 0 Å². The summed E-state index contributed by atoms with van der Waals surface area (Å²) in [7, 11) is 1.60. The third kappa shape index (κ3) is 4.69. The first-order chi connectivity index (χ1) is 17.1. The lowest BCUT2D eigenvalue weighted by atomic mass is 10.1. The van der Waals surface area contributed by atoms with E-state index >= 15 is 0 Å². The second kappa shape index (κ2) is 10.2. The first-order valence-electron chi connectivity index (χ1n) is 11.1. The molecule has 0 unspecified atom stereocenters. The van der Waals surface area contributed by atoms with Gasteiger partial charge in [-0.15, -0.1) is 11.8 Å². The van der Waals surface area contributed by atoms with E-state index in [0.717, 1.165) is 32.2 Å². The number of benzene rings is 3. The van der Waals surface area contributed by atoms with Gasteiger partial charge in [-0.25, -0.2) is 4.79 Å². The molecule has 8 heteroatoms. The topological polar surface area (TPSA) is 81.9 Å². The lowest BCUT2D eigenvalue weighted by Crippen LogP contribution is -2.68. The molecule has 0 saturated carbocycles. The van der Waals surface area contributed by atoms with Gasteiger partial charge in [0.05, 0.1) is 7.11 Å². The Hall–Kier alpha value is -3.20. The lowest BCUT2D eigenvalue weighted by Gasteiger charge is -2.48. The number of nitrogens with zero attached hydrogens (tertiary/aromatic N) is 1. The molecule has 2 aliphatic rings. The molecule has 0 radical (unpaired) electrons. The molecular weight excluding hydrogens is 480 g/mol. The fraction of sp³-hybridized carbons (Fsp3) is 0.185. The van der Waals surface area contributed by atoms with E-state index in [-0.39, 0.29) is 17.9 Å².